The number of pyridine rings is 1. The fourth-order valence-corrected chi connectivity index (χ4v) is 1.82. The van der Waals surface area contributed by atoms with Crippen LogP contribution in [0, 0.1) is 0 Å². The Morgan fingerprint density at radius 2 is 2.12 bits per heavy atom. The Kier molecular flexibility index (Phi) is 3.70. The summed E-state index contributed by atoms with van der Waals surface area (Å²) in [6.07, 6.45) is 3.23. The van der Waals surface area contributed by atoms with Gasteiger partial charge in [0.25, 0.3) is 0 Å². The number of benzene rings is 1. The molecule has 1 aromatic heterocycles. The highest BCUT2D eigenvalue weighted by atomic mass is 16.1. The average Bonchev–Trinajstić information content (AvgIpc) is 2.36. The maximum Gasteiger partial charge on any atom is 0.220 e. The molecule has 0 saturated heterocycles. The van der Waals surface area contributed by atoms with Crippen LogP contribution < -0.4 is 5.32 Å². The lowest BCUT2D eigenvalue weighted by Gasteiger charge is -2.07. The number of aromatic nitrogens is 1. The first-order valence-electron chi connectivity index (χ1n) is 5.90. The van der Waals surface area contributed by atoms with E-state index in [0.717, 1.165) is 22.9 Å². The van der Waals surface area contributed by atoms with Crippen LogP contribution in [-0.4, -0.2) is 10.9 Å². The minimum absolute atomic E-state index is 0.0976. The minimum Gasteiger partial charge on any atom is -0.352 e. The van der Waals surface area contributed by atoms with Crippen molar-refractivity contribution in [3.8, 4) is 0 Å². The van der Waals surface area contributed by atoms with E-state index in [9.17, 15) is 4.79 Å². The van der Waals surface area contributed by atoms with Gasteiger partial charge in [-0.3, -0.25) is 9.78 Å². The number of hydrogen-bond acceptors (Lipinski definition) is 2. The lowest BCUT2D eigenvalue weighted by atomic mass is 10.1. The molecule has 2 rings (SSSR count). The normalized spacial score (nSPS) is 10.4. The van der Waals surface area contributed by atoms with Crippen LogP contribution in [0.1, 0.15) is 25.3 Å². The number of amides is 1. The monoisotopic (exact) mass is 228 g/mol. The average molecular weight is 228 g/mol. The maximum atomic E-state index is 11.4. The third kappa shape index (κ3) is 2.81. The van der Waals surface area contributed by atoms with E-state index in [2.05, 4.69) is 10.3 Å². The summed E-state index contributed by atoms with van der Waals surface area (Å²) in [5, 5.41) is 4.02. The molecule has 3 heteroatoms. The van der Waals surface area contributed by atoms with Gasteiger partial charge in [0, 0.05) is 24.5 Å². The van der Waals surface area contributed by atoms with Gasteiger partial charge in [0.2, 0.25) is 5.91 Å². The molecule has 0 bridgehead atoms. The first-order valence-corrected chi connectivity index (χ1v) is 5.90. The fourth-order valence-electron chi connectivity index (χ4n) is 1.82. The molecule has 2 aromatic rings. The maximum absolute atomic E-state index is 11.4. The van der Waals surface area contributed by atoms with E-state index in [-0.39, 0.29) is 5.91 Å². The Bertz CT molecular complexity index is 517. The lowest BCUT2D eigenvalue weighted by Crippen LogP contribution is -2.22. The number of fused-ring (bicyclic) bond motifs is 1. The van der Waals surface area contributed by atoms with E-state index in [4.69, 9.17) is 0 Å². The third-order valence-electron chi connectivity index (χ3n) is 2.67. The molecular weight excluding hydrogens is 212 g/mol. The Labute approximate surface area is 101 Å². The Morgan fingerprint density at radius 3 is 2.94 bits per heavy atom. The van der Waals surface area contributed by atoms with Crippen molar-refractivity contribution >= 4 is 16.8 Å². The van der Waals surface area contributed by atoms with E-state index in [1.807, 2.05) is 37.3 Å². The zero-order valence-corrected chi connectivity index (χ0v) is 9.94. The molecule has 0 aliphatic rings. The highest BCUT2D eigenvalue weighted by Gasteiger charge is 2.03. The molecule has 0 spiro atoms. The quantitative estimate of drug-likeness (QED) is 0.874. The number of carbonyl (C=O) groups excluding carboxylic acids is 1. The van der Waals surface area contributed by atoms with Gasteiger partial charge in [-0.2, -0.15) is 0 Å². The number of hydrogen-bond donors (Lipinski definition) is 1. The largest absolute Gasteiger partial charge is 0.352 e. The summed E-state index contributed by atoms with van der Waals surface area (Å²) < 4.78 is 0. The van der Waals surface area contributed by atoms with Crippen molar-refractivity contribution in [3.63, 3.8) is 0 Å². The van der Waals surface area contributed by atoms with Crippen molar-refractivity contribution in [2.24, 2.45) is 0 Å². The van der Waals surface area contributed by atoms with Gasteiger partial charge in [-0.1, -0.05) is 31.2 Å². The zero-order valence-electron chi connectivity index (χ0n) is 9.94. The van der Waals surface area contributed by atoms with Gasteiger partial charge in [-0.05, 0) is 18.1 Å². The highest BCUT2D eigenvalue weighted by molar-refractivity contribution is 5.82. The summed E-state index contributed by atoms with van der Waals surface area (Å²) in [7, 11) is 0. The van der Waals surface area contributed by atoms with Crippen LogP contribution in [0.2, 0.25) is 0 Å². The molecule has 0 atom stereocenters. The molecular formula is C14H16N2O. The summed E-state index contributed by atoms with van der Waals surface area (Å²) in [6, 6.07) is 9.97. The molecule has 17 heavy (non-hydrogen) atoms. The van der Waals surface area contributed by atoms with E-state index < -0.39 is 0 Å². The number of carbonyl (C=O) groups is 1. The Balaban J connectivity index is 2.16. The third-order valence-corrected chi connectivity index (χ3v) is 2.67. The molecule has 0 fully saturated rings. The summed E-state index contributed by atoms with van der Waals surface area (Å²) in [5.41, 5.74) is 2.03. The van der Waals surface area contributed by atoms with E-state index in [1.165, 1.54) is 0 Å². The lowest BCUT2D eigenvalue weighted by molar-refractivity contribution is -0.121. The molecule has 0 unspecified atom stereocenters. The van der Waals surface area contributed by atoms with Gasteiger partial charge in [0.1, 0.15) is 0 Å². The predicted molar refractivity (Wildman–Crippen MR) is 68.5 cm³/mol. The van der Waals surface area contributed by atoms with Crippen LogP contribution in [0.4, 0.5) is 0 Å². The molecule has 0 aliphatic heterocycles. The smallest absolute Gasteiger partial charge is 0.220 e. The Hall–Kier alpha value is -1.90. The van der Waals surface area contributed by atoms with Crippen molar-refractivity contribution in [1.29, 1.82) is 0 Å². The van der Waals surface area contributed by atoms with Crippen molar-refractivity contribution < 1.29 is 4.79 Å². The van der Waals surface area contributed by atoms with Crippen LogP contribution in [0.3, 0.4) is 0 Å². The number of rotatable bonds is 4. The van der Waals surface area contributed by atoms with Gasteiger partial charge in [-0.15, -0.1) is 0 Å². The second-order valence-electron chi connectivity index (χ2n) is 4.02. The SMILES string of the molecule is CCCC(=O)NCc1cccc2cccnc12. The van der Waals surface area contributed by atoms with E-state index in [0.29, 0.717) is 13.0 Å². The summed E-state index contributed by atoms with van der Waals surface area (Å²) in [5.74, 6) is 0.0976. The highest BCUT2D eigenvalue weighted by Crippen LogP contribution is 2.15. The summed E-state index contributed by atoms with van der Waals surface area (Å²) >= 11 is 0. The van der Waals surface area contributed by atoms with E-state index in [1.54, 1.807) is 6.20 Å². The van der Waals surface area contributed by atoms with Crippen molar-refractivity contribution in [3.05, 3.63) is 42.1 Å². The first kappa shape index (κ1) is 11.6. The standard InChI is InChI=1S/C14H16N2O/c1-2-5-13(17)16-10-12-7-3-6-11-8-4-9-15-14(11)12/h3-4,6-9H,2,5,10H2,1H3,(H,16,17). The Morgan fingerprint density at radius 1 is 1.29 bits per heavy atom. The summed E-state index contributed by atoms with van der Waals surface area (Å²) in [4.78, 5) is 15.8. The molecule has 1 aromatic carbocycles. The molecule has 0 aliphatic carbocycles. The second kappa shape index (κ2) is 5.43. The van der Waals surface area contributed by atoms with Crippen LogP contribution in [-0.2, 0) is 11.3 Å². The minimum atomic E-state index is 0.0976. The topological polar surface area (TPSA) is 42.0 Å². The predicted octanol–water partition coefficient (Wildman–Crippen LogP) is 2.65. The first-order chi connectivity index (χ1) is 8.31. The van der Waals surface area contributed by atoms with Crippen molar-refractivity contribution in [2.45, 2.75) is 26.3 Å². The van der Waals surface area contributed by atoms with E-state index >= 15 is 0 Å². The van der Waals surface area contributed by atoms with Crippen molar-refractivity contribution in [1.82, 2.24) is 10.3 Å². The van der Waals surface area contributed by atoms with Crippen molar-refractivity contribution in [2.75, 3.05) is 0 Å². The fraction of sp³-hybridized carbons (Fsp3) is 0.286. The molecule has 1 amide bonds. The molecule has 0 saturated carbocycles. The number of para-hydroxylation sites is 1. The molecule has 3 nitrogen and oxygen atoms in total. The van der Waals surface area contributed by atoms with Crippen LogP contribution in [0.5, 0.6) is 0 Å². The zero-order chi connectivity index (χ0) is 12.1. The van der Waals surface area contributed by atoms with Gasteiger partial charge < -0.3 is 5.32 Å². The van der Waals surface area contributed by atoms with Gasteiger partial charge in [-0.25, -0.2) is 0 Å². The molecule has 88 valence electrons. The van der Waals surface area contributed by atoms with Gasteiger partial charge in [0.15, 0.2) is 0 Å². The van der Waals surface area contributed by atoms with Gasteiger partial charge >= 0.3 is 0 Å². The molecule has 0 radical (unpaired) electrons. The molecule has 1 heterocycles. The number of nitrogens with one attached hydrogen (secondary N) is 1. The second-order valence-corrected chi connectivity index (χ2v) is 4.02. The summed E-state index contributed by atoms with van der Waals surface area (Å²) in [6.45, 7) is 2.55. The van der Waals surface area contributed by atoms with Crippen LogP contribution >= 0.6 is 0 Å². The van der Waals surface area contributed by atoms with Crippen LogP contribution in [0.25, 0.3) is 10.9 Å². The van der Waals surface area contributed by atoms with Crippen LogP contribution in [0.15, 0.2) is 36.5 Å². The van der Waals surface area contributed by atoms with Gasteiger partial charge in [0.05, 0.1) is 5.52 Å². The number of nitrogens with zero attached hydrogens (tertiary/aromatic N) is 1. The molecule has 1 N–H and O–H groups in total.